The van der Waals surface area contributed by atoms with E-state index in [0.29, 0.717) is 6.04 Å². The van der Waals surface area contributed by atoms with Crippen molar-refractivity contribution in [1.29, 1.82) is 0 Å². The Morgan fingerprint density at radius 1 is 1.05 bits per heavy atom. The highest BCUT2D eigenvalue weighted by Crippen LogP contribution is 2.18. The molecule has 0 spiro atoms. The zero-order valence-electron chi connectivity index (χ0n) is 11.8. The van der Waals surface area contributed by atoms with Gasteiger partial charge in [0.2, 0.25) is 0 Å². The Morgan fingerprint density at radius 2 is 1.84 bits per heavy atom. The molecule has 2 nitrogen and oxygen atoms in total. The third kappa shape index (κ3) is 3.90. The number of nitrogens with one attached hydrogen (secondary N) is 1. The van der Waals surface area contributed by atoms with E-state index >= 15 is 0 Å². The summed E-state index contributed by atoms with van der Waals surface area (Å²) in [5.41, 5.74) is 3.84. The normalized spacial score (nSPS) is 12.3. The molecule has 2 heteroatoms. The SMILES string of the molecule is CCc1ccc(C(CC)NCc2ccccn2)cc1. The van der Waals surface area contributed by atoms with Gasteiger partial charge in [-0.2, -0.15) is 0 Å². The number of hydrogen-bond acceptors (Lipinski definition) is 2. The summed E-state index contributed by atoms with van der Waals surface area (Å²) in [4.78, 5) is 4.34. The highest BCUT2D eigenvalue weighted by Gasteiger charge is 2.08. The summed E-state index contributed by atoms with van der Waals surface area (Å²) in [6, 6.07) is 15.3. The van der Waals surface area contributed by atoms with Gasteiger partial charge in [-0.05, 0) is 36.1 Å². The van der Waals surface area contributed by atoms with Gasteiger partial charge in [0, 0.05) is 18.8 Å². The Morgan fingerprint density at radius 3 is 2.42 bits per heavy atom. The lowest BCUT2D eigenvalue weighted by molar-refractivity contribution is 0.514. The molecule has 1 unspecified atom stereocenters. The topological polar surface area (TPSA) is 24.9 Å². The van der Waals surface area contributed by atoms with E-state index in [1.165, 1.54) is 11.1 Å². The molecule has 0 amide bonds. The third-order valence-electron chi connectivity index (χ3n) is 3.45. The van der Waals surface area contributed by atoms with Crippen LogP contribution in [0.15, 0.2) is 48.7 Å². The molecule has 2 aromatic rings. The summed E-state index contributed by atoms with van der Waals surface area (Å²) in [5.74, 6) is 0. The van der Waals surface area contributed by atoms with Crippen LogP contribution in [0.25, 0.3) is 0 Å². The van der Waals surface area contributed by atoms with Gasteiger partial charge in [-0.15, -0.1) is 0 Å². The summed E-state index contributed by atoms with van der Waals surface area (Å²) >= 11 is 0. The second kappa shape index (κ2) is 7.05. The minimum absolute atomic E-state index is 0.396. The molecular weight excluding hydrogens is 232 g/mol. The predicted molar refractivity (Wildman–Crippen MR) is 79.9 cm³/mol. The van der Waals surface area contributed by atoms with E-state index in [4.69, 9.17) is 0 Å². The molecule has 19 heavy (non-hydrogen) atoms. The van der Waals surface area contributed by atoms with Gasteiger partial charge >= 0.3 is 0 Å². The van der Waals surface area contributed by atoms with Gasteiger partial charge in [-0.1, -0.05) is 44.2 Å². The average Bonchev–Trinajstić information content (AvgIpc) is 2.49. The lowest BCUT2D eigenvalue weighted by Gasteiger charge is -2.17. The second-order valence-corrected chi connectivity index (χ2v) is 4.76. The highest BCUT2D eigenvalue weighted by molar-refractivity contribution is 5.25. The highest BCUT2D eigenvalue weighted by atomic mass is 14.9. The van der Waals surface area contributed by atoms with Gasteiger partial charge in [0.05, 0.1) is 5.69 Å². The van der Waals surface area contributed by atoms with Crippen LogP contribution in [0, 0.1) is 0 Å². The molecular formula is C17H22N2. The maximum absolute atomic E-state index is 4.34. The Labute approximate surface area is 115 Å². The van der Waals surface area contributed by atoms with Gasteiger partial charge in [0.25, 0.3) is 0 Å². The number of hydrogen-bond donors (Lipinski definition) is 1. The lowest BCUT2D eigenvalue weighted by atomic mass is 10.0. The number of nitrogens with zero attached hydrogens (tertiary/aromatic N) is 1. The van der Waals surface area contributed by atoms with E-state index in [1.54, 1.807) is 0 Å². The van der Waals surface area contributed by atoms with Crippen molar-refractivity contribution in [3.05, 3.63) is 65.5 Å². The molecule has 100 valence electrons. The predicted octanol–water partition coefficient (Wildman–Crippen LogP) is 3.88. The van der Waals surface area contributed by atoms with E-state index in [9.17, 15) is 0 Å². The fourth-order valence-electron chi connectivity index (χ4n) is 2.21. The largest absolute Gasteiger partial charge is 0.304 e. The van der Waals surface area contributed by atoms with E-state index in [1.807, 2.05) is 18.3 Å². The van der Waals surface area contributed by atoms with Crippen LogP contribution >= 0.6 is 0 Å². The van der Waals surface area contributed by atoms with E-state index in [0.717, 1.165) is 25.1 Å². The fraction of sp³-hybridized carbons (Fsp3) is 0.353. The molecule has 1 heterocycles. The Kier molecular flexibility index (Phi) is 5.10. The van der Waals surface area contributed by atoms with E-state index in [-0.39, 0.29) is 0 Å². The number of aryl methyl sites for hydroxylation is 1. The van der Waals surface area contributed by atoms with Gasteiger partial charge in [-0.25, -0.2) is 0 Å². The molecule has 0 saturated heterocycles. The van der Waals surface area contributed by atoms with Gasteiger partial charge in [-0.3, -0.25) is 4.98 Å². The second-order valence-electron chi connectivity index (χ2n) is 4.76. The smallest absolute Gasteiger partial charge is 0.0541 e. The van der Waals surface area contributed by atoms with Crippen LogP contribution in [0.4, 0.5) is 0 Å². The molecule has 0 bridgehead atoms. The van der Waals surface area contributed by atoms with Crippen molar-refractivity contribution in [2.45, 2.75) is 39.3 Å². The van der Waals surface area contributed by atoms with Crippen molar-refractivity contribution < 1.29 is 0 Å². The van der Waals surface area contributed by atoms with E-state index in [2.05, 4.69) is 54.5 Å². The van der Waals surface area contributed by atoms with Gasteiger partial charge in [0.15, 0.2) is 0 Å². The van der Waals surface area contributed by atoms with Crippen molar-refractivity contribution in [1.82, 2.24) is 10.3 Å². The molecule has 0 aliphatic heterocycles. The summed E-state index contributed by atoms with van der Waals surface area (Å²) in [6.45, 7) is 5.21. The lowest BCUT2D eigenvalue weighted by Crippen LogP contribution is -2.20. The molecule has 0 saturated carbocycles. The molecule has 0 radical (unpaired) electrons. The maximum atomic E-state index is 4.34. The van der Waals surface area contributed by atoms with Crippen LogP contribution in [-0.4, -0.2) is 4.98 Å². The van der Waals surface area contributed by atoms with Crippen LogP contribution in [0.2, 0.25) is 0 Å². The Balaban J connectivity index is 1.99. The number of rotatable bonds is 6. The molecule has 1 N–H and O–H groups in total. The van der Waals surface area contributed by atoms with Crippen molar-refractivity contribution in [2.75, 3.05) is 0 Å². The molecule has 0 aliphatic rings. The monoisotopic (exact) mass is 254 g/mol. The zero-order valence-corrected chi connectivity index (χ0v) is 11.8. The first-order valence-electron chi connectivity index (χ1n) is 7.05. The van der Waals surface area contributed by atoms with Gasteiger partial charge < -0.3 is 5.32 Å². The maximum Gasteiger partial charge on any atom is 0.0541 e. The number of benzene rings is 1. The molecule has 2 rings (SSSR count). The molecule has 1 atom stereocenters. The Bertz CT molecular complexity index is 476. The fourth-order valence-corrected chi connectivity index (χ4v) is 2.21. The molecule has 1 aromatic carbocycles. The summed E-state index contributed by atoms with van der Waals surface area (Å²) < 4.78 is 0. The van der Waals surface area contributed by atoms with Crippen LogP contribution in [0.3, 0.4) is 0 Å². The number of aromatic nitrogens is 1. The van der Waals surface area contributed by atoms with Gasteiger partial charge in [0.1, 0.15) is 0 Å². The summed E-state index contributed by atoms with van der Waals surface area (Å²) in [7, 11) is 0. The van der Waals surface area contributed by atoms with Crippen molar-refractivity contribution in [3.8, 4) is 0 Å². The van der Waals surface area contributed by atoms with E-state index < -0.39 is 0 Å². The standard InChI is InChI=1S/C17H22N2/c1-3-14-8-10-15(11-9-14)17(4-2)19-13-16-7-5-6-12-18-16/h5-12,17,19H,3-4,13H2,1-2H3. The van der Waals surface area contributed by atoms with Crippen LogP contribution < -0.4 is 5.32 Å². The first-order valence-corrected chi connectivity index (χ1v) is 7.05. The van der Waals surface area contributed by atoms with Crippen LogP contribution in [0.5, 0.6) is 0 Å². The third-order valence-corrected chi connectivity index (χ3v) is 3.45. The average molecular weight is 254 g/mol. The minimum atomic E-state index is 0.396. The zero-order chi connectivity index (χ0) is 13.5. The summed E-state index contributed by atoms with van der Waals surface area (Å²) in [5, 5.41) is 3.58. The van der Waals surface area contributed by atoms with Crippen LogP contribution in [-0.2, 0) is 13.0 Å². The molecule has 0 aliphatic carbocycles. The first kappa shape index (κ1) is 13.8. The van der Waals surface area contributed by atoms with Crippen molar-refractivity contribution in [3.63, 3.8) is 0 Å². The van der Waals surface area contributed by atoms with Crippen LogP contribution in [0.1, 0.15) is 43.1 Å². The van der Waals surface area contributed by atoms with Crippen molar-refractivity contribution in [2.24, 2.45) is 0 Å². The van der Waals surface area contributed by atoms with Crippen molar-refractivity contribution >= 4 is 0 Å². The molecule has 1 aromatic heterocycles. The first-order chi connectivity index (χ1) is 9.33. The minimum Gasteiger partial charge on any atom is -0.304 e. The molecule has 0 fully saturated rings. The number of pyridine rings is 1. The quantitative estimate of drug-likeness (QED) is 0.846. The summed E-state index contributed by atoms with van der Waals surface area (Å²) in [6.07, 6.45) is 4.02. The Hall–Kier alpha value is -1.67.